The fourth-order valence-electron chi connectivity index (χ4n) is 1.56. The normalized spacial score (nSPS) is 11.0. The lowest BCUT2D eigenvalue weighted by Crippen LogP contribution is -1.95. The number of rotatable bonds is 2. The predicted octanol–water partition coefficient (Wildman–Crippen LogP) is 2.79. The number of hydrogen-bond donors (Lipinski definition) is 1. The number of benzene rings is 1. The number of nitro groups is 1. The second kappa shape index (κ2) is 3.93. The first-order valence-electron chi connectivity index (χ1n) is 4.55. The maximum atomic E-state index is 12.7. The van der Waals surface area contributed by atoms with Crippen molar-refractivity contribution in [3.63, 3.8) is 0 Å². The van der Waals surface area contributed by atoms with Crippen LogP contribution in [0, 0.1) is 10.1 Å². The van der Waals surface area contributed by atoms with Crippen LogP contribution < -0.4 is 0 Å². The van der Waals surface area contributed by atoms with E-state index in [4.69, 9.17) is 0 Å². The van der Waals surface area contributed by atoms with Crippen molar-refractivity contribution in [2.24, 2.45) is 0 Å². The molecule has 0 aliphatic rings. The average molecular weight is 240 g/mol. The largest absolute Gasteiger partial charge is 0.501 e. The number of nitro benzene ring substituents is 1. The highest BCUT2D eigenvalue weighted by Gasteiger charge is 2.23. The molecule has 2 rings (SSSR count). The lowest BCUT2D eigenvalue weighted by Gasteiger charge is -2.06. The number of nitrogens with zero attached hydrogens (tertiary/aromatic N) is 2. The van der Waals surface area contributed by atoms with Crippen molar-refractivity contribution in [1.82, 2.24) is 4.98 Å². The smallest absolute Gasteiger partial charge is 0.313 e. The van der Waals surface area contributed by atoms with E-state index in [1.54, 1.807) is 0 Å². The van der Waals surface area contributed by atoms with Gasteiger partial charge in [-0.2, -0.15) is 0 Å². The Morgan fingerprint density at radius 1 is 1.47 bits per heavy atom. The van der Waals surface area contributed by atoms with E-state index in [9.17, 15) is 24.0 Å². The molecular formula is C10H6F2N2O3. The third-order valence-electron chi connectivity index (χ3n) is 2.31. The van der Waals surface area contributed by atoms with Gasteiger partial charge in [0.25, 0.3) is 6.43 Å². The van der Waals surface area contributed by atoms with E-state index in [1.807, 2.05) is 0 Å². The van der Waals surface area contributed by atoms with E-state index in [0.717, 1.165) is 0 Å². The number of phenolic OH excluding ortho intramolecular Hbond substituents is 1. The molecule has 5 nitrogen and oxygen atoms in total. The molecule has 88 valence electrons. The summed E-state index contributed by atoms with van der Waals surface area (Å²) in [6.07, 6.45) is -1.61. The van der Waals surface area contributed by atoms with Crippen LogP contribution in [0.4, 0.5) is 14.5 Å². The third-order valence-corrected chi connectivity index (χ3v) is 2.31. The van der Waals surface area contributed by atoms with Crippen LogP contribution in [0.1, 0.15) is 12.0 Å². The Hall–Kier alpha value is -2.31. The van der Waals surface area contributed by atoms with E-state index >= 15 is 0 Å². The summed E-state index contributed by atoms with van der Waals surface area (Å²) in [4.78, 5) is 13.4. The van der Waals surface area contributed by atoms with Gasteiger partial charge in [-0.3, -0.25) is 15.1 Å². The molecule has 1 aromatic carbocycles. The summed E-state index contributed by atoms with van der Waals surface area (Å²) in [6, 6.07) is 3.41. The quantitative estimate of drug-likeness (QED) is 0.646. The molecule has 0 aliphatic heterocycles. The predicted molar refractivity (Wildman–Crippen MR) is 55.0 cm³/mol. The molecule has 1 N–H and O–H groups in total. The number of hydrogen-bond acceptors (Lipinski definition) is 4. The Balaban J connectivity index is 2.89. The summed E-state index contributed by atoms with van der Waals surface area (Å²) in [5.41, 5.74) is -1.49. The molecule has 0 saturated carbocycles. The number of halogens is 2. The molecule has 0 radical (unpaired) electrons. The molecule has 1 heterocycles. The Kier molecular flexibility index (Phi) is 2.58. The van der Waals surface area contributed by atoms with E-state index in [1.165, 1.54) is 18.3 Å². The minimum atomic E-state index is -2.87. The van der Waals surface area contributed by atoms with Crippen molar-refractivity contribution in [1.29, 1.82) is 0 Å². The van der Waals surface area contributed by atoms with E-state index in [0.29, 0.717) is 6.07 Å². The monoisotopic (exact) mass is 240 g/mol. The highest BCUT2D eigenvalue weighted by molar-refractivity contribution is 5.91. The van der Waals surface area contributed by atoms with Crippen molar-refractivity contribution < 1.29 is 18.8 Å². The molecule has 0 spiro atoms. The first kappa shape index (κ1) is 11.2. The average Bonchev–Trinajstić information content (AvgIpc) is 2.29. The van der Waals surface area contributed by atoms with Gasteiger partial charge in [-0.1, -0.05) is 6.07 Å². The number of fused-ring (bicyclic) bond motifs is 1. The van der Waals surface area contributed by atoms with Crippen molar-refractivity contribution >= 4 is 16.6 Å². The van der Waals surface area contributed by atoms with E-state index in [2.05, 4.69) is 4.98 Å². The number of alkyl halides is 2. The van der Waals surface area contributed by atoms with Gasteiger partial charge in [0.15, 0.2) is 0 Å². The minimum absolute atomic E-state index is 0.00519. The fraction of sp³-hybridized carbons (Fsp3) is 0.100. The van der Waals surface area contributed by atoms with Gasteiger partial charge in [-0.05, 0) is 6.07 Å². The molecule has 2 aromatic rings. The second-order valence-electron chi connectivity index (χ2n) is 3.29. The molecule has 7 heteroatoms. The van der Waals surface area contributed by atoms with Crippen LogP contribution >= 0.6 is 0 Å². The van der Waals surface area contributed by atoms with Gasteiger partial charge in [0.05, 0.1) is 4.92 Å². The molecule has 17 heavy (non-hydrogen) atoms. The molecular weight excluding hydrogens is 234 g/mol. The van der Waals surface area contributed by atoms with E-state index < -0.39 is 28.3 Å². The van der Waals surface area contributed by atoms with Crippen LogP contribution in [-0.4, -0.2) is 15.0 Å². The molecule has 1 aromatic heterocycles. The van der Waals surface area contributed by atoms with Gasteiger partial charge >= 0.3 is 5.69 Å². The maximum absolute atomic E-state index is 12.7. The molecule has 0 saturated heterocycles. The van der Waals surface area contributed by atoms with Crippen molar-refractivity contribution in [3.05, 3.63) is 40.1 Å². The van der Waals surface area contributed by atoms with Crippen LogP contribution in [0.15, 0.2) is 24.4 Å². The van der Waals surface area contributed by atoms with Crippen molar-refractivity contribution in [2.75, 3.05) is 0 Å². The number of phenols is 1. The van der Waals surface area contributed by atoms with Crippen LogP contribution in [0.25, 0.3) is 10.9 Å². The molecule has 0 aliphatic carbocycles. The Morgan fingerprint density at radius 3 is 2.76 bits per heavy atom. The summed E-state index contributed by atoms with van der Waals surface area (Å²) in [7, 11) is 0. The standard InChI is InChI=1S/C10H6F2N2O3/c11-10(12)6-4-7(14(16)17)9(15)8-5(6)2-1-3-13-8/h1-4,10,15H. The summed E-state index contributed by atoms with van der Waals surface area (Å²) in [6.45, 7) is 0. The van der Waals surface area contributed by atoms with Gasteiger partial charge < -0.3 is 5.11 Å². The molecule has 0 amide bonds. The highest BCUT2D eigenvalue weighted by Crippen LogP contribution is 2.38. The van der Waals surface area contributed by atoms with Crippen molar-refractivity contribution in [3.8, 4) is 5.75 Å². The van der Waals surface area contributed by atoms with Gasteiger partial charge in [0.1, 0.15) is 5.52 Å². The first-order valence-corrected chi connectivity index (χ1v) is 4.55. The van der Waals surface area contributed by atoms with Gasteiger partial charge in [-0.15, -0.1) is 0 Å². The maximum Gasteiger partial charge on any atom is 0.313 e. The highest BCUT2D eigenvalue weighted by atomic mass is 19.3. The lowest BCUT2D eigenvalue weighted by molar-refractivity contribution is -0.385. The fourth-order valence-corrected chi connectivity index (χ4v) is 1.56. The SMILES string of the molecule is O=[N+]([O-])c1cc(C(F)F)c2cccnc2c1O. The van der Waals surface area contributed by atoms with Crippen LogP contribution in [-0.2, 0) is 0 Å². The molecule has 0 atom stereocenters. The minimum Gasteiger partial charge on any atom is -0.501 e. The number of aromatic nitrogens is 1. The zero-order chi connectivity index (χ0) is 12.6. The van der Waals surface area contributed by atoms with Crippen LogP contribution in [0.3, 0.4) is 0 Å². The zero-order valence-corrected chi connectivity index (χ0v) is 8.30. The first-order chi connectivity index (χ1) is 8.02. The molecule has 0 bridgehead atoms. The zero-order valence-electron chi connectivity index (χ0n) is 8.30. The number of aromatic hydroxyl groups is 1. The Morgan fingerprint density at radius 2 is 2.18 bits per heavy atom. The summed E-state index contributed by atoms with van der Waals surface area (Å²) >= 11 is 0. The van der Waals surface area contributed by atoms with Gasteiger partial charge in [0, 0.05) is 23.2 Å². The third kappa shape index (κ3) is 1.75. The Bertz CT molecular complexity index is 601. The number of pyridine rings is 1. The van der Waals surface area contributed by atoms with Crippen LogP contribution in [0.5, 0.6) is 5.75 Å². The van der Waals surface area contributed by atoms with Gasteiger partial charge in [-0.25, -0.2) is 8.78 Å². The second-order valence-corrected chi connectivity index (χ2v) is 3.29. The van der Waals surface area contributed by atoms with E-state index in [-0.39, 0.29) is 10.9 Å². The Labute approximate surface area is 93.5 Å². The summed E-state index contributed by atoms with van der Waals surface area (Å²) in [5.74, 6) is -0.699. The van der Waals surface area contributed by atoms with Crippen LogP contribution in [0.2, 0.25) is 0 Å². The summed E-state index contributed by atoms with van der Waals surface area (Å²) in [5, 5.41) is 20.2. The summed E-state index contributed by atoms with van der Waals surface area (Å²) < 4.78 is 25.5. The molecule has 0 fully saturated rings. The van der Waals surface area contributed by atoms with Gasteiger partial charge in [0.2, 0.25) is 5.75 Å². The topological polar surface area (TPSA) is 76.3 Å². The molecule has 0 unspecified atom stereocenters. The lowest BCUT2D eigenvalue weighted by atomic mass is 10.1. The van der Waals surface area contributed by atoms with Crippen molar-refractivity contribution in [2.45, 2.75) is 6.43 Å².